The van der Waals surface area contributed by atoms with E-state index in [4.69, 9.17) is 0 Å². The zero-order valence-electron chi connectivity index (χ0n) is 17.2. The van der Waals surface area contributed by atoms with E-state index in [1.807, 2.05) is 19.2 Å². The van der Waals surface area contributed by atoms with Crippen LogP contribution in [-0.2, 0) is 17.3 Å². The van der Waals surface area contributed by atoms with Crippen LogP contribution in [-0.4, -0.2) is 15.5 Å². The largest absolute Gasteiger partial charge is 0.338 e. The van der Waals surface area contributed by atoms with Gasteiger partial charge in [0.15, 0.2) is 0 Å². The summed E-state index contributed by atoms with van der Waals surface area (Å²) in [5, 5.41) is 2.87. The standard InChI is InChI=1S/C24H26FN3O/c1-24(2,3)18-12-9-17(10-13-18)11-14-21(29)27-22(23-26-15-16-28(23)4)19-7-5-6-8-20(19)25/h5-16,22H,1-4H3,(H,27,29). The number of nitrogens with zero attached hydrogens (tertiary/aromatic N) is 2. The minimum absolute atomic E-state index is 0.0780. The Bertz CT molecular complexity index is 1010. The smallest absolute Gasteiger partial charge is 0.244 e. The first kappa shape index (κ1) is 20.5. The third-order valence-electron chi connectivity index (χ3n) is 4.82. The lowest BCUT2D eigenvalue weighted by atomic mass is 9.87. The van der Waals surface area contributed by atoms with E-state index in [1.54, 1.807) is 41.2 Å². The molecule has 1 heterocycles. The number of aromatic nitrogens is 2. The zero-order valence-corrected chi connectivity index (χ0v) is 17.2. The van der Waals surface area contributed by atoms with Crippen LogP contribution in [0.4, 0.5) is 4.39 Å². The summed E-state index contributed by atoms with van der Waals surface area (Å²) < 4.78 is 16.2. The van der Waals surface area contributed by atoms with Crippen molar-refractivity contribution in [3.05, 3.63) is 95.3 Å². The molecule has 2 aromatic carbocycles. The predicted octanol–water partition coefficient (Wildman–Crippen LogP) is 4.78. The third kappa shape index (κ3) is 4.99. The molecule has 0 aliphatic rings. The van der Waals surface area contributed by atoms with Gasteiger partial charge in [-0.25, -0.2) is 9.37 Å². The molecule has 1 unspecified atom stereocenters. The molecule has 0 radical (unpaired) electrons. The van der Waals surface area contributed by atoms with Gasteiger partial charge in [-0.3, -0.25) is 4.79 Å². The Kier molecular flexibility index (Phi) is 5.97. The lowest BCUT2D eigenvalue weighted by molar-refractivity contribution is -0.117. The molecule has 0 aliphatic heterocycles. The summed E-state index contributed by atoms with van der Waals surface area (Å²) in [5.74, 6) is -0.143. The van der Waals surface area contributed by atoms with Crippen molar-refractivity contribution in [1.82, 2.24) is 14.9 Å². The van der Waals surface area contributed by atoms with Crippen LogP contribution in [0.1, 0.15) is 49.3 Å². The van der Waals surface area contributed by atoms with Gasteiger partial charge in [0.2, 0.25) is 5.91 Å². The highest BCUT2D eigenvalue weighted by molar-refractivity contribution is 5.92. The number of amides is 1. The van der Waals surface area contributed by atoms with Crippen LogP contribution in [0, 0.1) is 5.82 Å². The topological polar surface area (TPSA) is 46.9 Å². The molecule has 0 aliphatic carbocycles. The highest BCUT2D eigenvalue weighted by Gasteiger charge is 2.22. The molecule has 1 amide bonds. The molecule has 29 heavy (non-hydrogen) atoms. The minimum atomic E-state index is -0.684. The maximum absolute atomic E-state index is 14.4. The van der Waals surface area contributed by atoms with Gasteiger partial charge < -0.3 is 9.88 Å². The van der Waals surface area contributed by atoms with E-state index in [1.165, 1.54) is 17.7 Å². The monoisotopic (exact) mass is 391 g/mol. The first-order valence-electron chi connectivity index (χ1n) is 9.56. The van der Waals surface area contributed by atoms with Crippen molar-refractivity contribution in [2.24, 2.45) is 7.05 Å². The van der Waals surface area contributed by atoms with Crippen molar-refractivity contribution >= 4 is 12.0 Å². The molecule has 1 atom stereocenters. The van der Waals surface area contributed by atoms with Crippen molar-refractivity contribution in [3.63, 3.8) is 0 Å². The Hall–Kier alpha value is -3.21. The van der Waals surface area contributed by atoms with E-state index in [0.29, 0.717) is 11.4 Å². The quantitative estimate of drug-likeness (QED) is 0.637. The molecule has 1 N–H and O–H groups in total. The average molecular weight is 391 g/mol. The minimum Gasteiger partial charge on any atom is -0.338 e. The third-order valence-corrected chi connectivity index (χ3v) is 4.82. The second-order valence-electron chi connectivity index (χ2n) is 8.06. The van der Waals surface area contributed by atoms with Gasteiger partial charge >= 0.3 is 0 Å². The van der Waals surface area contributed by atoms with E-state index in [-0.39, 0.29) is 17.1 Å². The molecule has 3 aromatic rings. The van der Waals surface area contributed by atoms with Gasteiger partial charge in [-0.1, -0.05) is 63.2 Å². The Morgan fingerprint density at radius 1 is 1.14 bits per heavy atom. The second-order valence-corrected chi connectivity index (χ2v) is 8.06. The van der Waals surface area contributed by atoms with Gasteiger partial charge in [-0.05, 0) is 28.7 Å². The Balaban J connectivity index is 1.80. The van der Waals surface area contributed by atoms with Crippen molar-refractivity contribution < 1.29 is 9.18 Å². The Labute approximate surface area is 171 Å². The van der Waals surface area contributed by atoms with Crippen LogP contribution in [0.2, 0.25) is 0 Å². The van der Waals surface area contributed by atoms with Crippen LogP contribution in [0.3, 0.4) is 0 Å². The highest BCUT2D eigenvalue weighted by Crippen LogP contribution is 2.24. The number of aryl methyl sites for hydroxylation is 1. The summed E-state index contributed by atoms with van der Waals surface area (Å²) in [4.78, 5) is 16.9. The van der Waals surface area contributed by atoms with Crippen molar-refractivity contribution in [2.45, 2.75) is 32.2 Å². The molecule has 1 aromatic heterocycles. The summed E-state index contributed by atoms with van der Waals surface area (Å²) >= 11 is 0. The van der Waals surface area contributed by atoms with E-state index in [2.05, 4.69) is 43.2 Å². The first-order valence-corrected chi connectivity index (χ1v) is 9.56. The van der Waals surface area contributed by atoms with Gasteiger partial charge in [0.1, 0.15) is 17.7 Å². The van der Waals surface area contributed by atoms with Crippen molar-refractivity contribution in [1.29, 1.82) is 0 Å². The van der Waals surface area contributed by atoms with Crippen LogP contribution in [0.5, 0.6) is 0 Å². The molecule has 0 fully saturated rings. The molecule has 0 bridgehead atoms. The van der Waals surface area contributed by atoms with E-state index in [0.717, 1.165) is 5.56 Å². The number of imidazole rings is 1. The SMILES string of the molecule is Cn1ccnc1C(NC(=O)C=Cc1ccc(C(C)(C)C)cc1)c1ccccc1F. The summed E-state index contributed by atoms with van der Waals surface area (Å²) in [5.41, 5.74) is 2.61. The number of nitrogens with one attached hydrogen (secondary N) is 1. The normalized spacial score (nSPS) is 12.9. The molecule has 5 heteroatoms. The maximum Gasteiger partial charge on any atom is 0.244 e. The molecular formula is C24H26FN3O. The number of benzene rings is 2. The summed E-state index contributed by atoms with van der Waals surface area (Å²) in [6.07, 6.45) is 6.60. The summed E-state index contributed by atoms with van der Waals surface area (Å²) in [6, 6.07) is 13.8. The Morgan fingerprint density at radius 3 is 2.41 bits per heavy atom. The van der Waals surface area contributed by atoms with Crippen LogP contribution >= 0.6 is 0 Å². The molecule has 0 saturated carbocycles. The summed E-state index contributed by atoms with van der Waals surface area (Å²) in [6.45, 7) is 6.48. The van der Waals surface area contributed by atoms with E-state index >= 15 is 0 Å². The van der Waals surface area contributed by atoms with Gasteiger partial charge in [-0.2, -0.15) is 0 Å². The van der Waals surface area contributed by atoms with Crippen molar-refractivity contribution in [3.8, 4) is 0 Å². The number of hydrogen-bond acceptors (Lipinski definition) is 2. The molecule has 0 saturated heterocycles. The predicted molar refractivity (Wildman–Crippen MR) is 114 cm³/mol. The number of hydrogen-bond donors (Lipinski definition) is 1. The number of carbonyl (C=O) groups is 1. The number of carbonyl (C=O) groups excluding carboxylic acids is 1. The fraction of sp³-hybridized carbons (Fsp3) is 0.250. The van der Waals surface area contributed by atoms with Gasteiger partial charge in [0.25, 0.3) is 0 Å². The first-order chi connectivity index (χ1) is 13.8. The van der Waals surface area contributed by atoms with Gasteiger partial charge in [0.05, 0.1) is 0 Å². The average Bonchev–Trinajstić information content (AvgIpc) is 3.10. The van der Waals surface area contributed by atoms with Gasteiger partial charge in [-0.15, -0.1) is 0 Å². The maximum atomic E-state index is 14.4. The van der Waals surface area contributed by atoms with Gasteiger partial charge in [0, 0.05) is 31.1 Å². The fourth-order valence-corrected chi connectivity index (χ4v) is 3.10. The molecular weight excluding hydrogens is 365 g/mol. The van der Waals surface area contributed by atoms with Crippen molar-refractivity contribution in [2.75, 3.05) is 0 Å². The summed E-state index contributed by atoms with van der Waals surface area (Å²) in [7, 11) is 1.81. The Morgan fingerprint density at radius 2 is 1.83 bits per heavy atom. The van der Waals surface area contributed by atoms with Crippen LogP contribution < -0.4 is 5.32 Å². The fourth-order valence-electron chi connectivity index (χ4n) is 3.10. The molecule has 150 valence electrons. The molecule has 0 spiro atoms. The second kappa shape index (κ2) is 8.43. The zero-order chi connectivity index (χ0) is 21.0. The lowest BCUT2D eigenvalue weighted by Gasteiger charge is -2.19. The van der Waals surface area contributed by atoms with E-state index in [9.17, 15) is 9.18 Å². The molecule has 3 rings (SSSR count). The van der Waals surface area contributed by atoms with Crippen LogP contribution in [0.15, 0.2) is 67.0 Å². The lowest BCUT2D eigenvalue weighted by Crippen LogP contribution is -2.30. The number of rotatable bonds is 5. The van der Waals surface area contributed by atoms with E-state index < -0.39 is 6.04 Å². The number of halogens is 1. The highest BCUT2D eigenvalue weighted by atomic mass is 19.1. The van der Waals surface area contributed by atoms with Crippen LogP contribution in [0.25, 0.3) is 6.08 Å². The molecule has 4 nitrogen and oxygen atoms in total.